The Morgan fingerprint density at radius 1 is 1.46 bits per heavy atom. The van der Waals surface area contributed by atoms with E-state index in [1.165, 1.54) is 0 Å². The first-order chi connectivity index (χ1) is 6.22. The molecule has 66 valence electrons. The molecule has 5 heteroatoms. The zero-order valence-corrected chi connectivity index (χ0v) is 13.6. The van der Waals surface area contributed by atoms with Gasteiger partial charge in [-0.15, -0.1) is 0 Å². The molecule has 0 unspecified atom stereocenters. The average molecular weight is 384 g/mol. The molecule has 0 aliphatic rings. The molecule has 2 N–H and O–H groups in total. The van der Waals surface area contributed by atoms with Crippen LogP contribution in [0.25, 0.3) is 0 Å². The van der Waals surface area contributed by atoms with Gasteiger partial charge in [-0.1, -0.05) is 0 Å². The summed E-state index contributed by atoms with van der Waals surface area (Å²) in [7, 11) is 0. The summed E-state index contributed by atoms with van der Waals surface area (Å²) in [5.74, 6) is 0. The molecule has 0 saturated heterocycles. The van der Waals surface area contributed by atoms with E-state index in [4.69, 9.17) is 9.92 Å². The first-order valence-electron chi connectivity index (χ1n) is 3.80. The Bertz CT molecular complexity index is 289. The summed E-state index contributed by atoms with van der Waals surface area (Å²) >= 11 is -0.585. The molecule has 1 aromatic carbocycles. The van der Waals surface area contributed by atoms with E-state index < -0.39 is 24.6 Å². The molecule has 13 heavy (non-hydrogen) atoms. The summed E-state index contributed by atoms with van der Waals surface area (Å²) in [6.07, 6.45) is 1.74. The Hall–Kier alpha value is -0.225. The van der Waals surface area contributed by atoms with Crippen molar-refractivity contribution in [2.75, 3.05) is 12.0 Å². The van der Waals surface area contributed by atoms with Crippen LogP contribution >= 0.6 is 12.0 Å². The van der Waals surface area contributed by atoms with E-state index in [9.17, 15) is 4.79 Å². The molecule has 1 aromatic rings. The van der Waals surface area contributed by atoms with Gasteiger partial charge in [0.25, 0.3) is 0 Å². The molecule has 0 amide bonds. The second kappa shape index (κ2) is 5.49. The zero-order chi connectivity index (χ0) is 9.68. The molecular weight excluding hydrogens is 375 g/mol. The SMILES string of the molecule is CSO[C](=O)[Hg][c]1ccc(N)cc1. The quantitative estimate of drug-likeness (QED) is 0.487. The van der Waals surface area contributed by atoms with Gasteiger partial charge in [0.05, 0.1) is 0 Å². The molecule has 3 nitrogen and oxygen atoms in total. The summed E-state index contributed by atoms with van der Waals surface area (Å²) in [4.78, 5) is 11.1. The van der Waals surface area contributed by atoms with E-state index in [1.807, 2.05) is 24.3 Å². The van der Waals surface area contributed by atoms with Crippen molar-refractivity contribution in [1.82, 2.24) is 0 Å². The summed E-state index contributed by atoms with van der Waals surface area (Å²) in [5, 5.41) is 0. The minimum atomic E-state index is -1.70. The average Bonchev–Trinajstić information content (AvgIpc) is 2.09. The van der Waals surface area contributed by atoms with E-state index in [0.29, 0.717) is 0 Å². The Morgan fingerprint density at radius 3 is 2.62 bits per heavy atom. The normalized spacial score (nSPS) is 9.00. The van der Waals surface area contributed by atoms with Crippen LogP contribution < -0.4 is 8.81 Å². The van der Waals surface area contributed by atoms with Gasteiger partial charge in [-0.2, -0.15) is 0 Å². The molecule has 0 radical (unpaired) electrons. The van der Waals surface area contributed by atoms with Crippen molar-refractivity contribution >= 4 is 24.3 Å². The van der Waals surface area contributed by atoms with E-state index in [0.717, 1.165) is 20.8 Å². The molecule has 0 fully saturated rings. The van der Waals surface area contributed by atoms with Gasteiger partial charge in [-0.05, 0) is 0 Å². The van der Waals surface area contributed by atoms with Crippen LogP contribution in [0.4, 0.5) is 10.5 Å². The van der Waals surface area contributed by atoms with Crippen LogP contribution in [0.1, 0.15) is 0 Å². The summed E-state index contributed by atoms with van der Waals surface area (Å²) in [6.45, 7) is 0. The van der Waals surface area contributed by atoms with Crippen LogP contribution in [0.2, 0.25) is 0 Å². The van der Waals surface area contributed by atoms with Gasteiger partial charge in [-0.3, -0.25) is 0 Å². The summed E-state index contributed by atoms with van der Waals surface area (Å²) in [5.41, 5.74) is 6.25. The van der Waals surface area contributed by atoms with Gasteiger partial charge in [0.15, 0.2) is 0 Å². The van der Waals surface area contributed by atoms with Gasteiger partial charge in [0.1, 0.15) is 0 Å². The third kappa shape index (κ3) is 4.00. The summed E-state index contributed by atoms with van der Waals surface area (Å²) in [6, 6.07) is 7.47. The van der Waals surface area contributed by atoms with Gasteiger partial charge < -0.3 is 0 Å². The molecule has 0 aliphatic heterocycles. The van der Waals surface area contributed by atoms with Crippen molar-refractivity contribution in [1.29, 1.82) is 0 Å². The maximum atomic E-state index is 11.1. The van der Waals surface area contributed by atoms with Crippen LogP contribution in [0.3, 0.4) is 0 Å². The second-order valence-electron chi connectivity index (χ2n) is 2.54. The van der Waals surface area contributed by atoms with Crippen molar-refractivity contribution in [3.05, 3.63) is 24.3 Å². The maximum absolute atomic E-state index is 11.1. The van der Waals surface area contributed by atoms with Gasteiger partial charge in [0, 0.05) is 0 Å². The number of benzene rings is 1. The Labute approximate surface area is 93.7 Å². The van der Waals surface area contributed by atoms with E-state index in [2.05, 4.69) is 0 Å². The Balaban J connectivity index is 2.54. The molecule has 0 heterocycles. The summed E-state index contributed by atoms with van der Waals surface area (Å²) < 4.78 is 5.94. The number of rotatable bonds is 3. The fraction of sp³-hybridized carbons (Fsp3) is 0.125. The van der Waals surface area contributed by atoms with Crippen molar-refractivity contribution in [2.45, 2.75) is 0 Å². The molecule has 0 bridgehead atoms. The third-order valence-corrected chi connectivity index (χ3v) is 7.77. The molecule has 0 atom stereocenters. The molecular formula is C8H9HgNO2S. The topological polar surface area (TPSA) is 52.3 Å². The predicted octanol–water partition coefficient (Wildman–Crippen LogP) is 1.39. The second-order valence-corrected chi connectivity index (χ2v) is 9.83. The first kappa shape index (κ1) is 10.9. The molecule has 0 saturated carbocycles. The third-order valence-electron chi connectivity index (χ3n) is 1.50. The van der Waals surface area contributed by atoms with E-state index in [1.54, 1.807) is 6.26 Å². The number of hydrogen-bond donors (Lipinski definition) is 1. The monoisotopic (exact) mass is 385 g/mol. The molecule has 0 aromatic heterocycles. The Kier molecular flexibility index (Phi) is 4.59. The number of carbonyl (C=O) groups excluding carboxylic acids is 1. The van der Waals surface area contributed by atoms with Gasteiger partial charge in [0.2, 0.25) is 0 Å². The zero-order valence-electron chi connectivity index (χ0n) is 7.32. The van der Waals surface area contributed by atoms with Crippen LogP contribution in [0, 0.1) is 0 Å². The Morgan fingerprint density at radius 2 is 2.08 bits per heavy atom. The molecule has 0 spiro atoms. The van der Waals surface area contributed by atoms with Crippen molar-refractivity contribution in [3.63, 3.8) is 0 Å². The number of nitrogens with two attached hydrogens (primary N) is 1. The predicted molar refractivity (Wildman–Crippen MR) is 50.5 cm³/mol. The minimum absolute atomic E-state index is 0.0164. The van der Waals surface area contributed by atoms with E-state index >= 15 is 0 Å². The number of hydrogen-bond acceptors (Lipinski definition) is 4. The van der Waals surface area contributed by atoms with Crippen molar-refractivity contribution in [3.8, 4) is 0 Å². The fourth-order valence-electron chi connectivity index (χ4n) is 0.925. The van der Waals surface area contributed by atoms with Gasteiger partial charge >= 0.3 is 94.1 Å². The van der Waals surface area contributed by atoms with E-state index in [-0.39, 0.29) is 3.48 Å². The van der Waals surface area contributed by atoms with Crippen molar-refractivity contribution < 1.29 is 33.6 Å². The number of nitrogen functional groups attached to an aromatic ring is 1. The van der Waals surface area contributed by atoms with Gasteiger partial charge in [-0.25, -0.2) is 0 Å². The van der Waals surface area contributed by atoms with Crippen LogP contribution in [-0.4, -0.2) is 9.73 Å². The van der Waals surface area contributed by atoms with Crippen LogP contribution in [0.5, 0.6) is 0 Å². The van der Waals surface area contributed by atoms with Crippen LogP contribution in [-0.2, 0) is 28.8 Å². The molecule has 0 aliphatic carbocycles. The standard InChI is InChI=1S/C6H6N.C2H3O2S.Hg/c7-6-4-2-1-3-5-6;1-5-4-2-3;/h2-5H,7H2;1H3;. The van der Waals surface area contributed by atoms with Crippen LogP contribution in [0.15, 0.2) is 24.3 Å². The number of anilines is 1. The fourth-order valence-corrected chi connectivity index (χ4v) is 6.36. The number of carbonyl (C=O) groups is 1. The molecule has 1 rings (SSSR count). The first-order valence-corrected chi connectivity index (χ1v) is 10.4. The van der Waals surface area contributed by atoms with Crippen molar-refractivity contribution in [2.24, 2.45) is 0 Å².